The lowest BCUT2D eigenvalue weighted by molar-refractivity contribution is -0.112. The summed E-state index contributed by atoms with van der Waals surface area (Å²) in [6, 6.07) is 25.0. The number of nitrogens with zero attached hydrogens (tertiary/aromatic N) is 3. The SMILES string of the molecule is N#C/C(=C/N1CCN(c2ccccc2F)CC1)C(=O)Nc1ccc(Oc2ccccc2)cc1. The Balaban J connectivity index is 1.33. The highest BCUT2D eigenvalue weighted by Gasteiger charge is 2.19. The van der Waals surface area contributed by atoms with Gasteiger partial charge in [-0.3, -0.25) is 4.79 Å². The van der Waals surface area contributed by atoms with Crippen LogP contribution in [0.2, 0.25) is 0 Å². The number of rotatable bonds is 6. The Morgan fingerprint density at radius 1 is 0.909 bits per heavy atom. The Hall–Kier alpha value is -4.31. The molecule has 4 rings (SSSR count). The molecule has 1 aliphatic heterocycles. The summed E-state index contributed by atoms with van der Waals surface area (Å²) in [6.45, 7) is 2.36. The van der Waals surface area contributed by atoms with Crippen molar-refractivity contribution in [1.82, 2.24) is 4.90 Å². The molecule has 0 atom stereocenters. The second-order valence-corrected chi connectivity index (χ2v) is 7.52. The first-order valence-electron chi connectivity index (χ1n) is 10.6. The fourth-order valence-electron chi connectivity index (χ4n) is 3.55. The quantitative estimate of drug-likeness (QED) is 0.439. The van der Waals surface area contributed by atoms with Crippen molar-refractivity contribution >= 4 is 17.3 Å². The average molecular weight is 442 g/mol. The number of hydrogen-bond donors (Lipinski definition) is 1. The lowest BCUT2D eigenvalue weighted by atomic mass is 10.2. The second kappa shape index (κ2) is 10.3. The molecular formula is C26H23FN4O2. The summed E-state index contributed by atoms with van der Waals surface area (Å²) in [5.41, 5.74) is 1.14. The van der Waals surface area contributed by atoms with Gasteiger partial charge in [-0.15, -0.1) is 0 Å². The van der Waals surface area contributed by atoms with Crippen LogP contribution < -0.4 is 15.0 Å². The Labute approximate surface area is 192 Å². The summed E-state index contributed by atoms with van der Waals surface area (Å²) in [4.78, 5) is 16.5. The molecule has 1 aliphatic rings. The fraction of sp³-hybridized carbons (Fsp3) is 0.154. The molecule has 33 heavy (non-hydrogen) atoms. The number of amides is 1. The number of para-hydroxylation sites is 2. The third-order valence-corrected chi connectivity index (χ3v) is 5.28. The Morgan fingerprint density at radius 3 is 2.21 bits per heavy atom. The zero-order chi connectivity index (χ0) is 23.0. The van der Waals surface area contributed by atoms with Crippen molar-refractivity contribution in [2.24, 2.45) is 0 Å². The van der Waals surface area contributed by atoms with Crippen molar-refractivity contribution in [1.29, 1.82) is 5.26 Å². The molecule has 3 aromatic rings. The van der Waals surface area contributed by atoms with E-state index < -0.39 is 5.91 Å². The van der Waals surface area contributed by atoms with Crippen LogP contribution in [-0.2, 0) is 4.79 Å². The lowest BCUT2D eigenvalue weighted by Crippen LogP contribution is -2.44. The molecule has 7 heteroatoms. The molecule has 0 unspecified atom stereocenters. The molecule has 0 aliphatic carbocycles. The molecule has 1 N–H and O–H groups in total. The van der Waals surface area contributed by atoms with Crippen LogP contribution in [0, 0.1) is 17.1 Å². The molecule has 0 bridgehead atoms. The molecule has 6 nitrogen and oxygen atoms in total. The fourth-order valence-corrected chi connectivity index (χ4v) is 3.55. The highest BCUT2D eigenvalue weighted by molar-refractivity contribution is 6.06. The second-order valence-electron chi connectivity index (χ2n) is 7.52. The molecular weight excluding hydrogens is 419 g/mol. The van der Waals surface area contributed by atoms with Crippen molar-refractivity contribution in [3.63, 3.8) is 0 Å². The predicted molar refractivity (Wildman–Crippen MR) is 125 cm³/mol. The van der Waals surface area contributed by atoms with Gasteiger partial charge in [-0.05, 0) is 48.5 Å². The molecule has 166 valence electrons. The number of carbonyl (C=O) groups is 1. The minimum Gasteiger partial charge on any atom is -0.457 e. The maximum atomic E-state index is 14.0. The number of carbonyl (C=O) groups excluding carboxylic acids is 1. The van der Waals surface area contributed by atoms with E-state index in [1.807, 2.05) is 52.3 Å². The molecule has 0 radical (unpaired) electrons. The first-order chi connectivity index (χ1) is 16.1. The van der Waals surface area contributed by atoms with Crippen molar-refractivity contribution in [3.8, 4) is 17.6 Å². The Bertz CT molecular complexity index is 1160. The van der Waals surface area contributed by atoms with E-state index in [4.69, 9.17) is 4.74 Å². The van der Waals surface area contributed by atoms with Crippen molar-refractivity contribution in [2.75, 3.05) is 36.4 Å². The molecule has 0 saturated carbocycles. The van der Waals surface area contributed by atoms with E-state index in [-0.39, 0.29) is 11.4 Å². The summed E-state index contributed by atoms with van der Waals surface area (Å²) in [6.07, 6.45) is 1.57. The number of hydrogen-bond acceptors (Lipinski definition) is 5. The van der Waals surface area contributed by atoms with Gasteiger partial charge < -0.3 is 19.9 Å². The predicted octanol–water partition coefficient (Wildman–Crippen LogP) is 4.79. The molecule has 1 fully saturated rings. The standard InChI is InChI=1S/C26H23FN4O2/c27-24-8-4-5-9-25(24)31-16-14-30(15-17-31)19-20(18-28)26(32)29-21-10-12-23(13-11-21)33-22-6-2-1-3-7-22/h1-13,19H,14-17H2,(H,29,32)/b20-19-. The Morgan fingerprint density at radius 2 is 1.55 bits per heavy atom. The topological polar surface area (TPSA) is 68.6 Å². The summed E-state index contributed by atoms with van der Waals surface area (Å²) in [5.74, 6) is 0.631. The maximum Gasteiger partial charge on any atom is 0.267 e. The highest BCUT2D eigenvalue weighted by Crippen LogP contribution is 2.23. The van der Waals surface area contributed by atoms with Gasteiger partial charge in [0.05, 0.1) is 5.69 Å². The van der Waals surface area contributed by atoms with Gasteiger partial charge in [-0.25, -0.2) is 4.39 Å². The molecule has 1 heterocycles. The normalized spacial score (nSPS) is 13.9. The van der Waals surface area contributed by atoms with Crippen LogP contribution in [0.1, 0.15) is 0 Å². The van der Waals surface area contributed by atoms with Gasteiger partial charge in [-0.2, -0.15) is 5.26 Å². The number of nitrogens with one attached hydrogen (secondary N) is 1. The van der Waals surface area contributed by atoms with Crippen molar-refractivity contribution in [3.05, 3.63) is 96.5 Å². The number of halogens is 1. The van der Waals surface area contributed by atoms with Gasteiger partial charge in [-0.1, -0.05) is 30.3 Å². The van der Waals surface area contributed by atoms with Gasteiger partial charge in [0.2, 0.25) is 0 Å². The molecule has 3 aromatic carbocycles. The largest absolute Gasteiger partial charge is 0.457 e. The van der Waals surface area contributed by atoms with Gasteiger partial charge in [0, 0.05) is 38.1 Å². The first kappa shape index (κ1) is 21.9. The van der Waals surface area contributed by atoms with E-state index in [2.05, 4.69) is 5.32 Å². The summed E-state index contributed by atoms with van der Waals surface area (Å²) in [5, 5.41) is 12.2. The van der Waals surface area contributed by atoms with Crippen LogP contribution in [0.3, 0.4) is 0 Å². The third kappa shape index (κ3) is 5.69. The van der Waals surface area contributed by atoms with E-state index in [1.54, 1.807) is 42.6 Å². The van der Waals surface area contributed by atoms with Crippen LogP contribution >= 0.6 is 0 Å². The van der Waals surface area contributed by atoms with Gasteiger partial charge in [0.1, 0.15) is 29.0 Å². The average Bonchev–Trinajstić information content (AvgIpc) is 2.85. The minimum absolute atomic E-state index is 0.0129. The van der Waals surface area contributed by atoms with E-state index in [0.717, 1.165) is 5.75 Å². The van der Waals surface area contributed by atoms with Gasteiger partial charge >= 0.3 is 0 Å². The number of ether oxygens (including phenoxy) is 1. The van der Waals surface area contributed by atoms with Crippen LogP contribution in [0.25, 0.3) is 0 Å². The monoisotopic (exact) mass is 442 g/mol. The van der Waals surface area contributed by atoms with Crippen molar-refractivity contribution < 1.29 is 13.9 Å². The van der Waals surface area contributed by atoms with Crippen LogP contribution in [0.15, 0.2) is 90.6 Å². The van der Waals surface area contributed by atoms with E-state index in [9.17, 15) is 14.4 Å². The highest BCUT2D eigenvalue weighted by atomic mass is 19.1. The third-order valence-electron chi connectivity index (χ3n) is 5.28. The van der Waals surface area contributed by atoms with Gasteiger partial charge in [0.25, 0.3) is 5.91 Å². The number of anilines is 2. The van der Waals surface area contributed by atoms with Crippen LogP contribution in [-0.4, -0.2) is 37.0 Å². The summed E-state index contributed by atoms with van der Waals surface area (Å²) in [7, 11) is 0. The molecule has 1 saturated heterocycles. The van der Waals surface area contributed by atoms with E-state index >= 15 is 0 Å². The van der Waals surface area contributed by atoms with E-state index in [1.165, 1.54) is 6.07 Å². The summed E-state index contributed by atoms with van der Waals surface area (Å²) >= 11 is 0. The Kier molecular flexibility index (Phi) is 6.86. The number of piperazine rings is 1. The van der Waals surface area contributed by atoms with Crippen LogP contribution in [0.4, 0.5) is 15.8 Å². The maximum absolute atomic E-state index is 14.0. The zero-order valence-corrected chi connectivity index (χ0v) is 17.9. The molecule has 1 amide bonds. The summed E-state index contributed by atoms with van der Waals surface area (Å²) < 4.78 is 19.8. The zero-order valence-electron chi connectivity index (χ0n) is 17.9. The van der Waals surface area contributed by atoms with E-state index in [0.29, 0.717) is 43.3 Å². The number of benzene rings is 3. The lowest BCUT2D eigenvalue weighted by Gasteiger charge is -2.35. The number of nitriles is 1. The smallest absolute Gasteiger partial charge is 0.267 e. The van der Waals surface area contributed by atoms with Gasteiger partial charge in [0.15, 0.2) is 0 Å². The first-order valence-corrected chi connectivity index (χ1v) is 10.6. The molecule has 0 spiro atoms. The van der Waals surface area contributed by atoms with Crippen molar-refractivity contribution in [2.45, 2.75) is 0 Å². The molecule has 0 aromatic heterocycles. The minimum atomic E-state index is -0.481. The van der Waals surface area contributed by atoms with Crippen LogP contribution in [0.5, 0.6) is 11.5 Å².